The van der Waals surface area contributed by atoms with Crippen LogP contribution in [0.2, 0.25) is 24.2 Å². The lowest BCUT2D eigenvalue weighted by Crippen LogP contribution is -2.46. The number of hydrogen-bond donors (Lipinski definition) is 0. The molecule has 0 bridgehead atoms. The molecule has 0 saturated heterocycles. The third kappa shape index (κ3) is 6.29. The minimum atomic E-state index is -1.85. The van der Waals surface area contributed by atoms with Crippen LogP contribution in [0.4, 0.5) is 0 Å². The van der Waals surface area contributed by atoms with Gasteiger partial charge in [-0.1, -0.05) is 150 Å². The lowest BCUT2D eigenvalue weighted by Gasteiger charge is -2.47. The smallest absolute Gasteiger partial charge is 0.126 e. The van der Waals surface area contributed by atoms with E-state index in [0.717, 1.165) is 22.8 Å². The summed E-state index contributed by atoms with van der Waals surface area (Å²) in [4.78, 5) is 0. The largest absolute Gasteiger partial charge is 0.496 e. The molecule has 7 rings (SSSR count). The van der Waals surface area contributed by atoms with E-state index >= 15 is 0 Å². The summed E-state index contributed by atoms with van der Waals surface area (Å²) < 4.78 is 6.48. The van der Waals surface area contributed by atoms with Gasteiger partial charge < -0.3 is 4.74 Å². The van der Waals surface area contributed by atoms with E-state index < -0.39 is 8.07 Å². The van der Waals surface area contributed by atoms with Crippen molar-refractivity contribution in [2.45, 2.75) is 143 Å². The molecule has 5 aliphatic rings. The first kappa shape index (κ1) is 37.7. The van der Waals surface area contributed by atoms with Gasteiger partial charge in [-0.3, -0.25) is 0 Å². The highest BCUT2D eigenvalue weighted by Gasteiger charge is 2.59. The molecule has 0 N–H and O–H groups in total. The van der Waals surface area contributed by atoms with Crippen LogP contribution in [-0.4, -0.2) is 15.2 Å². The number of hydrogen-bond acceptors (Lipinski definition) is 1. The highest BCUT2D eigenvalue weighted by atomic mass is 28.3. The average molecular weight is 715 g/mol. The van der Waals surface area contributed by atoms with E-state index in [0.29, 0.717) is 29.6 Å². The lowest BCUT2D eigenvalue weighted by atomic mass is 9.71. The molecule has 8 atom stereocenters. The van der Waals surface area contributed by atoms with Crippen molar-refractivity contribution in [3.05, 3.63) is 105 Å². The molecule has 0 amide bonds. The maximum absolute atomic E-state index is 6.48. The Hall–Kier alpha value is -2.58. The van der Waals surface area contributed by atoms with Crippen molar-refractivity contribution < 1.29 is 4.74 Å². The van der Waals surface area contributed by atoms with Gasteiger partial charge in [0, 0.05) is 5.57 Å². The van der Waals surface area contributed by atoms with Gasteiger partial charge in [0.2, 0.25) is 0 Å². The second kappa shape index (κ2) is 13.0. The van der Waals surface area contributed by atoms with Crippen LogP contribution in [0, 0.1) is 40.9 Å². The molecule has 5 aliphatic carbocycles. The number of fused-ring (bicyclic) bond motifs is 3. The molecule has 0 heterocycles. The van der Waals surface area contributed by atoms with Crippen LogP contribution < -0.4 is 0 Å². The molecule has 2 aromatic rings. The van der Waals surface area contributed by atoms with Crippen LogP contribution in [0.5, 0.6) is 0 Å². The fourth-order valence-corrected chi connectivity index (χ4v) is 18.8. The van der Waals surface area contributed by atoms with E-state index in [4.69, 9.17) is 4.74 Å². The van der Waals surface area contributed by atoms with Gasteiger partial charge in [-0.25, -0.2) is 0 Å². The molecule has 2 aromatic carbocycles. The summed E-state index contributed by atoms with van der Waals surface area (Å²) in [5, 5.41) is 0. The fourth-order valence-electron chi connectivity index (χ4n) is 12.5. The summed E-state index contributed by atoms with van der Waals surface area (Å²) in [5.41, 5.74) is 15.6. The lowest BCUT2D eigenvalue weighted by molar-refractivity contribution is 0.274. The van der Waals surface area contributed by atoms with Crippen molar-refractivity contribution in [2.75, 3.05) is 7.11 Å². The Morgan fingerprint density at radius 3 is 1.52 bits per heavy atom. The van der Waals surface area contributed by atoms with Crippen molar-refractivity contribution in [1.29, 1.82) is 0 Å². The highest BCUT2D eigenvalue weighted by Crippen LogP contribution is 2.67. The quantitative estimate of drug-likeness (QED) is 0.280. The molecular formula is C50H70OSi. The van der Waals surface area contributed by atoms with Crippen LogP contribution in [0.15, 0.2) is 83.2 Å². The van der Waals surface area contributed by atoms with E-state index in [9.17, 15) is 0 Å². The SMILES string of the molecule is COC1=C(c2ccc(C(C)(C)C)cc2)C2CC(C)C([Si](C)(C)C3C(C)CC4C(c5ccc(C(C)(C)C)cc5)=C5CCCC5=CC43)C2C=C1C(C)(C)C. The number of ether oxygens (including phenoxy) is 1. The fraction of sp³-hybridized carbons (Fsp3) is 0.600. The van der Waals surface area contributed by atoms with E-state index in [1.165, 1.54) is 65.5 Å². The summed E-state index contributed by atoms with van der Waals surface area (Å²) >= 11 is 0. The van der Waals surface area contributed by atoms with Crippen molar-refractivity contribution in [2.24, 2.45) is 40.9 Å². The monoisotopic (exact) mass is 715 g/mol. The summed E-state index contributed by atoms with van der Waals surface area (Å²) in [7, 11) is 0.0714. The molecule has 0 aromatic heterocycles. The molecule has 0 spiro atoms. The van der Waals surface area contributed by atoms with E-state index in [-0.39, 0.29) is 16.2 Å². The van der Waals surface area contributed by atoms with Crippen LogP contribution in [0.25, 0.3) is 11.1 Å². The predicted molar refractivity (Wildman–Crippen MR) is 227 cm³/mol. The summed E-state index contributed by atoms with van der Waals surface area (Å²) in [6.45, 7) is 32.1. The molecule has 0 radical (unpaired) electrons. The predicted octanol–water partition coefficient (Wildman–Crippen LogP) is 14.2. The minimum Gasteiger partial charge on any atom is -0.496 e. The van der Waals surface area contributed by atoms with Gasteiger partial charge in [0.05, 0.1) is 15.2 Å². The normalized spacial score (nSPS) is 31.0. The van der Waals surface area contributed by atoms with E-state index in [2.05, 4.69) is 150 Å². The third-order valence-corrected chi connectivity index (χ3v) is 20.0. The van der Waals surface area contributed by atoms with Gasteiger partial charge in [0.25, 0.3) is 0 Å². The molecule has 8 unspecified atom stereocenters. The molecule has 280 valence electrons. The van der Waals surface area contributed by atoms with Crippen molar-refractivity contribution in [3.63, 3.8) is 0 Å². The Labute approximate surface area is 319 Å². The maximum Gasteiger partial charge on any atom is 0.126 e. The average Bonchev–Trinajstić information content (AvgIpc) is 3.75. The van der Waals surface area contributed by atoms with Crippen molar-refractivity contribution in [1.82, 2.24) is 0 Å². The molecule has 3 fully saturated rings. The Morgan fingerprint density at radius 2 is 1.06 bits per heavy atom. The second-order valence-corrected chi connectivity index (χ2v) is 26.5. The number of rotatable bonds is 5. The molecule has 1 nitrogen and oxygen atoms in total. The Morgan fingerprint density at radius 1 is 0.596 bits per heavy atom. The minimum absolute atomic E-state index is 0.00956. The maximum atomic E-state index is 6.48. The zero-order valence-electron chi connectivity index (χ0n) is 35.3. The first-order chi connectivity index (χ1) is 24.2. The second-order valence-electron chi connectivity index (χ2n) is 21.5. The zero-order chi connectivity index (χ0) is 37.7. The van der Waals surface area contributed by atoms with Crippen molar-refractivity contribution in [3.8, 4) is 0 Å². The number of methoxy groups -OCH3 is 1. The molecular weight excluding hydrogens is 645 g/mol. The first-order valence-corrected chi connectivity index (χ1v) is 24.1. The zero-order valence-corrected chi connectivity index (χ0v) is 36.3. The first-order valence-electron chi connectivity index (χ1n) is 20.9. The standard InChI is InChI=1S/C50H70OSi/c1-30-26-38-40(28-34-16-15-17-37(34)43(38)32-18-22-35(23-19-32)48(3,4)5)46(30)52(13,14)47-31(2)27-39-41(47)29-42(50(9,10)11)45(51-12)44(39)33-20-24-36(25-21-33)49(6,7)8/h18-25,28-31,38-41,46-47H,15-17,26-27H2,1-14H3. The van der Waals surface area contributed by atoms with Gasteiger partial charge in [0.1, 0.15) is 5.76 Å². The Kier molecular flexibility index (Phi) is 9.45. The van der Waals surface area contributed by atoms with Gasteiger partial charge in [0.15, 0.2) is 0 Å². The van der Waals surface area contributed by atoms with Gasteiger partial charge in [-0.05, 0) is 139 Å². The molecule has 2 heteroatoms. The van der Waals surface area contributed by atoms with Crippen LogP contribution in [-0.2, 0) is 15.6 Å². The highest BCUT2D eigenvalue weighted by molar-refractivity contribution is 6.80. The van der Waals surface area contributed by atoms with Crippen LogP contribution in [0.1, 0.15) is 131 Å². The van der Waals surface area contributed by atoms with Gasteiger partial charge >= 0.3 is 0 Å². The van der Waals surface area contributed by atoms with E-state index in [1.54, 1.807) is 16.7 Å². The molecule has 3 saturated carbocycles. The summed E-state index contributed by atoms with van der Waals surface area (Å²) in [6, 6.07) is 19.4. The summed E-state index contributed by atoms with van der Waals surface area (Å²) in [6.07, 6.45) is 12.1. The Balaban J connectivity index is 1.28. The summed E-state index contributed by atoms with van der Waals surface area (Å²) in [5.74, 6) is 4.97. The van der Waals surface area contributed by atoms with Gasteiger partial charge in [-0.2, -0.15) is 0 Å². The van der Waals surface area contributed by atoms with Crippen LogP contribution >= 0.6 is 0 Å². The topological polar surface area (TPSA) is 9.23 Å². The van der Waals surface area contributed by atoms with Crippen molar-refractivity contribution >= 4 is 19.2 Å². The number of allylic oxidation sites excluding steroid dienone is 7. The van der Waals surface area contributed by atoms with Crippen LogP contribution in [0.3, 0.4) is 0 Å². The molecule has 52 heavy (non-hydrogen) atoms. The number of benzene rings is 2. The van der Waals surface area contributed by atoms with Gasteiger partial charge in [-0.15, -0.1) is 0 Å². The third-order valence-electron chi connectivity index (χ3n) is 14.7. The van der Waals surface area contributed by atoms with E-state index in [1.807, 2.05) is 7.11 Å². The Bertz CT molecular complexity index is 1810. The molecule has 0 aliphatic heterocycles.